The maximum atomic E-state index is 4.32. The molecule has 1 aromatic rings. The SMILES string of the molecule is CC(c1ccnn1C)N(CC1CCCNC1)C1CC1. The highest BCUT2D eigenvalue weighted by Gasteiger charge is 2.35. The van der Waals surface area contributed by atoms with E-state index in [0.29, 0.717) is 6.04 Å². The molecule has 19 heavy (non-hydrogen) atoms. The largest absolute Gasteiger partial charge is 0.316 e. The van der Waals surface area contributed by atoms with Gasteiger partial charge in [0.2, 0.25) is 0 Å². The molecule has 1 aromatic heterocycles. The first-order valence-electron chi connectivity index (χ1n) is 7.70. The molecular formula is C15H26N4. The fourth-order valence-electron chi connectivity index (χ4n) is 3.37. The third-order valence-corrected chi connectivity index (χ3v) is 4.67. The van der Waals surface area contributed by atoms with Crippen LogP contribution in [0.15, 0.2) is 12.3 Å². The van der Waals surface area contributed by atoms with Crippen LogP contribution < -0.4 is 5.32 Å². The molecule has 3 rings (SSSR count). The van der Waals surface area contributed by atoms with Gasteiger partial charge in [0.05, 0.1) is 5.69 Å². The maximum Gasteiger partial charge on any atom is 0.0549 e. The Morgan fingerprint density at radius 3 is 2.89 bits per heavy atom. The van der Waals surface area contributed by atoms with Crippen molar-refractivity contribution in [3.63, 3.8) is 0 Å². The van der Waals surface area contributed by atoms with Crippen LogP contribution in [0.5, 0.6) is 0 Å². The van der Waals surface area contributed by atoms with Crippen LogP contribution in [0.2, 0.25) is 0 Å². The zero-order valence-electron chi connectivity index (χ0n) is 12.2. The molecule has 0 aromatic carbocycles. The third kappa shape index (κ3) is 3.00. The van der Waals surface area contributed by atoms with Crippen molar-refractivity contribution in [2.24, 2.45) is 13.0 Å². The Balaban J connectivity index is 1.68. The van der Waals surface area contributed by atoms with Crippen LogP contribution in [0.25, 0.3) is 0 Å². The monoisotopic (exact) mass is 262 g/mol. The molecule has 1 saturated carbocycles. The zero-order valence-corrected chi connectivity index (χ0v) is 12.2. The lowest BCUT2D eigenvalue weighted by Crippen LogP contribution is -2.40. The van der Waals surface area contributed by atoms with Gasteiger partial charge >= 0.3 is 0 Å². The van der Waals surface area contributed by atoms with E-state index in [0.717, 1.165) is 12.0 Å². The van der Waals surface area contributed by atoms with E-state index in [-0.39, 0.29) is 0 Å². The number of hydrogen-bond acceptors (Lipinski definition) is 3. The van der Waals surface area contributed by atoms with Gasteiger partial charge in [0.15, 0.2) is 0 Å². The minimum Gasteiger partial charge on any atom is -0.316 e. The maximum absolute atomic E-state index is 4.32. The van der Waals surface area contributed by atoms with E-state index in [4.69, 9.17) is 0 Å². The second-order valence-corrected chi connectivity index (χ2v) is 6.20. The van der Waals surface area contributed by atoms with E-state index in [2.05, 4.69) is 35.4 Å². The van der Waals surface area contributed by atoms with Gasteiger partial charge in [0.25, 0.3) is 0 Å². The normalized spacial score (nSPS) is 25.7. The highest BCUT2D eigenvalue weighted by Crippen LogP contribution is 2.35. The number of aryl methyl sites for hydroxylation is 1. The van der Waals surface area contributed by atoms with E-state index >= 15 is 0 Å². The Bertz CT molecular complexity index is 404. The van der Waals surface area contributed by atoms with Crippen molar-refractivity contribution < 1.29 is 0 Å². The van der Waals surface area contributed by atoms with E-state index in [9.17, 15) is 0 Å². The van der Waals surface area contributed by atoms with Gasteiger partial charge in [-0.05, 0) is 57.7 Å². The first-order chi connectivity index (χ1) is 9.25. The van der Waals surface area contributed by atoms with Gasteiger partial charge in [-0.15, -0.1) is 0 Å². The van der Waals surface area contributed by atoms with E-state index in [1.807, 2.05) is 10.9 Å². The summed E-state index contributed by atoms with van der Waals surface area (Å²) in [6.07, 6.45) is 7.39. The van der Waals surface area contributed by atoms with Gasteiger partial charge in [-0.1, -0.05) is 0 Å². The molecule has 2 aliphatic rings. The molecule has 1 aliphatic heterocycles. The molecule has 1 aliphatic carbocycles. The Morgan fingerprint density at radius 2 is 2.32 bits per heavy atom. The molecule has 0 bridgehead atoms. The van der Waals surface area contributed by atoms with Crippen LogP contribution in [0.1, 0.15) is 44.3 Å². The molecule has 2 unspecified atom stereocenters. The minimum absolute atomic E-state index is 0.488. The van der Waals surface area contributed by atoms with Crippen molar-refractivity contribution in [1.82, 2.24) is 20.0 Å². The number of nitrogens with zero attached hydrogens (tertiary/aromatic N) is 3. The van der Waals surface area contributed by atoms with Crippen molar-refractivity contribution in [2.75, 3.05) is 19.6 Å². The van der Waals surface area contributed by atoms with Crippen LogP contribution in [-0.4, -0.2) is 40.4 Å². The fourth-order valence-corrected chi connectivity index (χ4v) is 3.37. The summed E-state index contributed by atoms with van der Waals surface area (Å²) >= 11 is 0. The van der Waals surface area contributed by atoms with Gasteiger partial charge < -0.3 is 5.32 Å². The number of nitrogens with one attached hydrogen (secondary N) is 1. The first kappa shape index (κ1) is 13.1. The average Bonchev–Trinajstić information content (AvgIpc) is 3.18. The molecular weight excluding hydrogens is 236 g/mol. The second kappa shape index (κ2) is 5.63. The topological polar surface area (TPSA) is 33.1 Å². The van der Waals surface area contributed by atoms with Gasteiger partial charge in [-0.2, -0.15) is 5.10 Å². The van der Waals surface area contributed by atoms with Gasteiger partial charge in [-0.3, -0.25) is 9.58 Å². The van der Waals surface area contributed by atoms with Crippen LogP contribution in [-0.2, 0) is 7.05 Å². The molecule has 0 amide bonds. The van der Waals surface area contributed by atoms with Gasteiger partial charge in [-0.25, -0.2) is 0 Å². The Morgan fingerprint density at radius 1 is 1.47 bits per heavy atom. The predicted molar refractivity (Wildman–Crippen MR) is 76.9 cm³/mol. The number of rotatable bonds is 5. The van der Waals surface area contributed by atoms with Crippen molar-refractivity contribution in [3.05, 3.63) is 18.0 Å². The molecule has 2 fully saturated rings. The Kier molecular flexibility index (Phi) is 3.89. The molecule has 106 valence electrons. The predicted octanol–water partition coefficient (Wildman–Crippen LogP) is 1.95. The highest BCUT2D eigenvalue weighted by molar-refractivity contribution is 5.08. The first-order valence-corrected chi connectivity index (χ1v) is 7.70. The summed E-state index contributed by atoms with van der Waals surface area (Å²) in [5.74, 6) is 0.824. The lowest BCUT2D eigenvalue weighted by atomic mass is 9.98. The number of piperidine rings is 1. The lowest BCUT2D eigenvalue weighted by Gasteiger charge is -2.34. The Hall–Kier alpha value is -0.870. The number of aromatic nitrogens is 2. The zero-order chi connectivity index (χ0) is 13.2. The van der Waals surface area contributed by atoms with E-state index in [1.165, 1.54) is 51.0 Å². The third-order valence-electron chi connectivity index (χ3n) is 4.67. The van der Waals surface area contributed by atoms with Crippen molar-refractivity contribution in [3.8, 4) is 0 Å². The van der Waals surface area contributed by atoms with Crippen LogP contribution in [0, 0.1) is 5.92 Å². The second-order valence-electron chi connectivity index (χ2n) is 6.20. The molecule has 2 atom stereocenters. The minimum atomic E-state index is 0.488. The summed E-state index contributed by atoms with van der Waals surface area (Å²) in [6.45, 7) is 5.98. The number of hydrogen-bond donors (Lipinski definition) is 1. The molecule has 4 heteroatoms. The fraction of sp³-hybridized carbons (Fsp3) is 0.800. The molecule has 1 saturated heterocycles. The van der Waals surface area contributed by atoms with Crippen molar-refractivity contribution in [2.45, 2.75) is 44.7 Å². The van der Waals surface area contributed by atoms with Gasteiger partial charge in [0, 0.05) is 31.9 Å². The summed E-state index contributed by atoms with van der Waals surface area (Å²) < 4.78 is 2.03. The van der Waals surface area contributed by atoms with Crippen molar-refractivity contribution >= 4 is 0 Å². The summed E-state index contributed by atoms with van der Waals surface area (Å²) in [5.41, 5.74) is 1.34. The van der Waals surface area contributed by atoms with Crippen LogP contribution >= 0.6 is 0 Å². The van der Waals surface area contributed by atoms with E-state index in [1.54, 1.807) is 0 Å². The van der Waals surface area contributed by atoms with Gasteiger partial charge in [0.1, 0.15) is 0 Å². The summed E-state index contributed by atoms with van der Waals surface area (Å²) in [4.78, 5) is 2.72. The molecule has 1 N–H and O–H groups in total. The average molecular weight is 262 g/mol. The highest BCUT2D eigenvalue weighted by atomic mass is 15.3. The summed E-state index contributed by atoms with van der Waals surface area (Å²) in [6, 6.07) is 3.47. The quantitative estimate of drug-likeness (QED) is 0.880. The molecule has 0 radical (unpaired) electrons. The Labute approximate surface area is 116 Å². The van der Waals surface area contributed by atoms with Crippen LogP contribution in [0.4, 0.5) is 0 Å². The van der Waals surface area contributed by atoms with Crippen LogP contribution in [0.3, 0.4) is 0 Å². The smallest absolute Gasteiger partial charge is 0.0549 e. The standard InChI is InChI=1S/C15H26N4/c1-12(15-7-9-17-18(15)2)19(14-5-6-14)11-13-4-3-8-16-10-13/h7,9,12-14,16H,3-6,8,10-11H2,1-2H3. The van der Waals surface area contributed by atoms with Crippen molar-refractivity contribution in [1.29, 1.82) is 0 Å². The lowest BCUT2D eigenvalue weighted by molar-refractivity contribution is 0.149. The summed E-state index contributed by atoms with van der Waals surface area (Å²) in [7, 11) is 2.05. The van der Waals surface area contributed by atoms with E-state index < -0.39 is 0 Å². The summed E-state index contributed by atoms with van der Waals surface area (Å²) in [5, 5.41) is 7.86. The molecule has 4 nitrogen and oxygen atoms in total. The molecule has 2 heterocycles. The molecule has 0 spiro atoms.